The maximum atomic E-state index is 13.6. The molecule has 1 unspecified atom stereocenters. The minimum Gasteiger partial charge on any atom is -0.450 e. The van der Waals surface area contributed by atoms with Gasteiger partial charge in [0.25, 0.3) is 11.8 Å². The van der Waals surface area contributed by atoms with Gasteiger partial charge in [0, 0.05) is 33.3 Å². The van der Waals surface area contributed by atoms with Crippen molar-refractivity contribution in [3.05, 3.63) is 130 Å². The molecule has 0 fully saturated rings. The third-order valence-corrected chi connectivity index (χ3v) is 7.96. The van der Waals surface area contributed by atoms with Crippen molar-refractivity contribution in [2.45, 2.75) is 12.5 Å². The van der Waals surface area contributed by atoms with Crippen LogP contribution in [0.1, 0.15) is 47.9 Å². The van der Waals surface area contributed by atoms with Crippen LogP contribution in [0, 0.1) is 5.82 Å². The second-order valence-corrected chi connectivity index (χ2v) is 11.3. The maximum absolute atomic E-state index is 13.6. The van der Waals surface area contributed by atoms with Crippen LogP contribution >= 0.6 is 27.5 Å². The number of ether oxygens (including phenoxy) is 1. The predicted octanol–water partition coefficient (Wildman–Crippen LogP) is 7.64. The summed E-state index contributed by atoms with van der Waals surface area (Å²) < 4.78 is 19.8. The molecule has 7 nitrogen and oxygen atoms in total. The first-order valence-corrected chi connectivity index (χ1v) is 14.8. The molecule has 1 aliphatic rings. The van der Waals surface area contributed by atoms with Crippen LogP contribution in [0.4, 0.5) is 10.1 Å². The van der Waals surface area contributed by atoms with Crippen molar-refractivity contribution >= 4 is 67.7 Å². The Morgan fingerprint density at radius 3 is 2.18 bits per heavy atom. The Hall–Kier alpha value is -4.73. The maximum Gasteiger partial charge on any atom is 0.339 e. The summed E-state index contributed by atoms with van der Waals surface area (Å²) in [5.41, 5.74) is 2.99. The fourth-order valence-corrected chi connectivity index (χ4v) is 5.61. The third kappa shape index (κ3) is 5.52. The van der Waals surface area contributed by atoms with E-state index in [1.807, 2.05) is 0 Å². The average Bonchev–Trinajstić information content (AvgIpc) is 3.29. The quantitative estimate of drug-likeness (QED) is 0.0729. The summed E-state index contributed by atoms with van der Waals surface area (Å²) in [6.45, 7) is 0. The number of hydrogen-bond acceptors (Lipinski definition) is 6. The van der Waals surface area contributed by atoms with Crippen LogP contribution in [0.5, 0.6) is 0 Å². The van der Waals surface area contributed by atoms with E-state index in [-0.39, 0.29) is 23.4 Å². The van der Waals surface area contributed by atoms with Crippen molar-refractivity contribution in [1.29, 1.82) is 0 Å². The van der Waals surface area contributed by atoms with Crippen molar-refractivity contribution in [3.63, 3.8) is 0 Å². The molecule has 0 aliphatic carbocycles. The van der Waals surface area contributed by atoms with E-state index in [1.54, 1.807) is 72.8 Å². The van der Waals surface area contributed by atoms with E-state index >= 15 is 0 Å². The van der Waals surface area contributed by atoms with Gasteiger partial charge in [0.15, 0.2) is 6.10 Å². The predicted molar refractivity (Wildman–Crippen MR) is 168 cm³/mol. The number of nitrogens with zero attached hydrogens (tertiary/aromatic N) is 2. The molecule has 5 aromatic rings. The highest BCUT2D eigenvalue weighted by atomic mass is 79.9. The number of aromatic nitrogens is 1. The number of ketones is 1. The van der Waals surface area contributed by atoms with Crippen LogP contribution < -0.4 is 4.90 Å². The van der Waals surface area contributed by atoms with Crippen LogP contribution in [0.25, 0.3) is 22.2 Å². The highest BCUT2D eigenvalue weighted by Crippen LogP contribution is 2.32. The van der Waals surface area contributed by atoms with Crippen LogP contribution in [-0.4, -0.2) is 40.5 Å². The van der Waals surface area contributed by atoms with Gasteiger partial charge in [0.05, 0.1) is 33.6 Å². The molecule has 2 heterocycles. The van der Waals surface area contributed by atoms with Gasteiger partial charge in [-0.2, -0.15) is 0 Å². The van der Waals surface area contributed by atoms with Crippen molar-refractivity contribution in [3.8, 4) is 11.3 Å². The van der Waals surface area contributed by atoms with Gasteiger partial charge in [0.1, 0.15) is 5.82 Å². The Balaban J connectivity index is 1.33. The van der Waals surface area contributed by atoms with Crippen molar-refractivity contribution in [2.75, 3.05) is 10.8 Å². The van der Waals surface area contributed by atoms with Gasteiger partial charge in [-0.1, -0.05) is 40.2 Å². The molecule has 218 valence electrons. The molecular formula is C34H21BrClFN2O5. The van der Waals surface area contributed by atoms with Gasteiger partial charge < -0.3 is 4.74 Å². The van der Waals surface area contributed by atoms with Gasteiger partial charge in [-0.15, -0.1) is 11.6 Å². The molecule has 0 radical (unpaired) electrons. The topological polar surface area (TPSA) is 93.6 Å². The minimum atomic E-state index is -1.19. The lowest BCUT2D eigenvalue weighted by molar-refractivity contribution is 0.0280. The first-order chi connectivity index (χ1) is 21.2. The molecule has 0 saturated heterocycles. The van der Waals surface area contributed by atoms with E-state index in [0.717, 1.165) is 17.0 Å². The molecule has 0 saturated carbocycles. The van der Waals surface area contributed by atoms with Gasteiger partial charge in [0.2, 0.25) is 5.78 Å². The smallest absolute Gasteiger partial charge is 0.339 e. The lowest BCUT2D eigenvalue weighted by Gasteiger charge is -2.18. The number of pyridine rings is 1. The first kappa shape index (κ1) is 29.3. The largest absolute Gasteiger partial charge is 0.450 e. The normalized spacial score (nSPS) is 13.2. The Morgan fingerprint density at radius 1 is 0.886 bits per heavy atom. The van der Waals surface area contributed by atoms with Crippen LogP contribution in [0.3, 0.4) is 0 Å². The van der Waals surface area contributed by atoms with E-state index in [9.17, 15) is 23.6 Å². The van der Waals surface area contributed by atoms with E-state index in [0.29, 0.717) is 43.4 Å². The summed E-state index contributed by atoms with van der Waals surface area (Å²) in [6, 6.07) is 25.1. The fraction of sp³-hybridized carbons (Fsp3) is 0.0882. The lowest BCUT2D eigenvalue weighted by atomic mass is 10.0. The van der Waals surface area contributed by atoms with Gasteiger partial charge in [-0.05, 0) is 72.8 Å². The molecule has 0 N–H and O–H groups in total. The summed E-state index contributed by atoms with van der Waals surface area (Å²) in [5.74, 6) is -2.50. The molecule has 2 amide bonds. The number of hydrogen-bond donors (Lipinski definition) is 0. The number of anilines is 1. The summed E-state index contributed by atoms with van der Waals surface area (Å²) in [5, 5.41) is 0.495. The summed E-state index contributed by atoms with van der Waals surface area (Å²) >= 11 is 9.38. The van der Waals surface area contributed by atoms with Crippen LogP contribution in [0.2, 0.25) is 0 Å². The molecule has 44 heavy (non-hydrogen) atoms. The first-order valence-electron chi connectivity index (χ1n) is 13.5. The molecule has 1 aliphatic heterocycles. The highest BCUT2D eigenvalue weighted by molar-refractivity contribution is 9.10. The Labute approximate surface area is 264 Å². The number of Topliss-reactive ketones (excluding diaryl/α,β-unsaturated/α-hetero) is 1. The van der Waals surface area contributed by atoms with Crippen molar-refractivity contribution in [2.24, 2.45) is 0 Å². The number of fused-ring (bicyclic) bond motifs is 2. The van der Waals surface area contributed by atoms with E-state index in [4.69, 9.17) is 21.3 Å². The zero-order valence-electron chi connectivity index (χ0n) is 22.8. The van der Waals surface area contributed by atoms with Gasteiger partial charge in [-0.3, -0.25) is 14.4 Å². The van der Waals surface area contributed by atoms with Gasteiger partial charge >= 0.3 is 5.97 Å². The number of carbonyl (C=O) groups excluding carboxylic acids is 4. The van der Waals surface area contributed by atoms with E-state index in [2.05, 4.69) is 15.9 Å². The Morgan fingerprint density at radius 2 is 1.55 bits per heavy atom. The minimum absolute atomic E-state index is 0.0538. The number of benzene rings is 4. The molecule has 4 aromatic carbocycles. The number of imide groups is 1. The molecule has 1 aromatic heterocycles. The number of alkyl halides is 1. The van der Waals surface area contributed by atoms with E-state index in [1.165, 1.54) is 12.1 Å². The van der Waals surface area contributed by atoms with Crippen molar-refractivity contribution in [1.82, 2.24) is 4.98 Å². The second-order valence-electron chi connectivity index (χ2n) is 10.00. The fourth-order valence-electron chi connectivity index (χ4n) is 5.06. The Kier molecular flexibility index (Phi) is 8.07. The zero-order valence-corrected chi connectivity index (χ0v) is 25.1. The molecule has 1 atom stereocenters. The summed E-state index contributed by atoms with van der Waals surface area (Å²) in [4.78, 5) is 58.5. The SMILES string of the molecule is O=C(OC(CCCl)C(=O)c1ccc(F)cc1)c1cc(-c2ccc(N3C(=O)c4ccccc4C3=O)cc2)nc2ccc(Br)cc12. The molecule has 6 rings (SSSR count). The highest BCUT2D eigenvalue weighted by Gasteiger charge is 2.36. The van der Waals surface area contributed by atoms with Crippen molar-refractivity contribution < 1.29 is 28.3 Å². The molecule has 0 bridgehead atoms. The number of halogens is 3. The average molecular weight is 672 g/mol. The zero-order chi connectivity index (χ0) is 31.0. The standard InChI is InChI=1S/C34H21BrClFN2O5/c35-21-9-14-28-26(17-21)27(34(43)44-30(15-16-36)31(40)20-5-10-22(37)11-6-20)18-29(38-28)19-7-12-23(13-8-19)39-32(41)24-3-1-2-4-25(24)33(39)42/h1-14,17-18,30H,15-16H2. The molecule has 0 spiro atoms. The number of esters is 1. The number of amides is 2. The van der Waals surface area contributed by atoms with Crippen LogP contribution in [0.15, 0.2) is 102 Å². The monoisotopic (exact) mass is 670 g/mol. The van der Waals surface area contributed by atoms with E-state index < -0.39 is 35.5 Å². The van der Waals surface area contributed by atoms with Gasteiger partial charge in [-0.25, -0.2) is 19.1 Å². The molecule has 10 heteroatoms. The summed E-state index contributed by atoms with van der Waals surface area (Å²) in [7, 11) is 0. The lowest BCUT2D eigenvalue weighted by Crippen LogP contribution is -2.29. The molecular weight excluding hydrogens is 651 g/mol. The van der Waals surface area contributed by atoms with Crippen LogP contribution in [-0.2, 0) is 4.74 Å². The third-order valence-electron chi connectivity index (χ3n) is 7.25. The number of carbonyl (C=O) groups is 4. The Bertz CT molecular complexity index is 1930. The summed E-state index contributed by atoms with van der Waals surface area (Å²) in [6.07, 6.45) is -1.13. The second kappa shape index (κ2) is 12.1. The number of rotatable bonds is 8.